The highest BCUT2D eigenvalue weighted by molar-refractivity contribution is 7.85. The molecule has 4 nitrogen and oxygen atoms in total. The molecule has 62 valence electrons. The smallest absolute Gasteiger partial charge is 0.261 e. The molecule has 0 spiro atoms. The lowest BCUT2D eigenvalue weighted by Gasteiger charge is -2.22. The maximum Gasteiger partial charge on any atom is 0.261 e. The zero-order valence-corrected chi connectivity index (χ0v) is 6.98. The van der Waals surface area contributed by atoms with E-state index in [1.165, 1.54) is 13.0 Å². The lowest BCUT2D eigenvalue weighted by molar-refractivity contribution is 0.399. The van der Waals surface area contributed by atoms with E-state index in [0.717, 1.165) is 6.04 Å². The third-order valence-electron chi connectivity index (χ3n) is 1.07. The van der Waals surface area contributed by atoms with Gasteiger partial charge in [-0.25, -0.2) is 0 Å². The summed E-state index contributed by atoms with van der Waals surface area (Å²) in [5, 5.41) is 3.21. The first-order valence-corrected chi connectivity index (χ1v) is 4.90. The number of rotatable bonds is 0. The molecule has 0 aromatic heterocycles. The normalized spacial score (nSPS) is 24.1. The quantitative estimate of drug-likeness (QED) is 0.493. The average Bonchev–Trinajstić information content (AvgIpc) is 1.56. The van der Waals surface area contributed by atoms with Crippen LogP contribution >= 0.6 is 0 Å². The number of hydrogen-bond acceptors (Lipinski definition) is 3. The molecule has 1 aliphatic rings. The van der Waals surface area contributed by atoms with Crippen LogP contribution in [0.3, 0.4) is 0 Å². The van der Waals surface area contributed by atoms with Crippen molar-refractivity contribution >= 4 is 10.1 Å². The second-order valence-corrected chi connectivity index (χ2v) is 3.84. The molecule has 1 heterocycles. The minimum atomic E-state index is -3.67. The molecule has 0 aromatic carbocycles. The monoisotopic (exact) mass is 167 g/mol. The van der Waals surface area contributed by atoms with E-state index in [1.807, 2.05) is 0 Å². The van der Waals surface area contributed by atoms with Gasteiger partial charge in [0.2, 0.25) is 0 Å². The molecule has 1 atom stereocenters. The van der Waals surface area contributed by atoms with Gasteiger partial charge in [0.15, 0.2) is 0 Å². The lowest BCUT2D eigenvalue weighted by atomic mass is 10.1. The van der Waals surface area contributed by atoms with E-state index in [2.05, 4.69) is 12.2 Å². The van der Waals surface area contributed by atoms with Crippen molar-refractivity contribution in [2.75, 3.05) is 12.8 Å². The fraction of sp³-hybridized carbons (Fsp3) is 1.00. The van der Waals surface area contributed by atoms with E-state index in [0.29, 0.717) is 6.26 Å². The summed E-state index contributed by atoms with van der Waals surface area (Å²) in [5.41, 5.74) is 0. The molecule has 0 radical (unpaired) electrons. The van der Waals surface area contributed by atoms with Crippen LogP contribution in [-0.2, 0) is 10.1 Å². The van der Waals surface area contributed by atoms with E-state index in [9.17, 15) is 8.42 Å². The molecule has 5 heteroatoms. The zero-order valence-electron chi connectivity index (χ0n) is 6.16. The highest BCUT2D eigenvalue weighted by Crippen LogP contribution is 1.96. The fourth-order valence-corrected chi connectivity index (χ4v) is 0.433. The Hall–Kier alpha value is -0.130. The second kappa shape index (κ2) is 3.90. The van der Waals surface area contributed by atoms with Crippen molar-refractivity contribution in [1.82, 2.24) is 5.32 Å². The van der Waals surface area contributed by atoms with Gasteiger partial charge in [-0.3, -0.25) is 4.55 Å². The molecule has 1 fully saturated rings. The van der Waals surface area contributed by atoms with Crippen molar-refractivity contribution < 1.29 is 13.0 Å². The molecule has 0 unspecified atom stereocenters. The van der Waals surface area contributed by atoms with Crippen LogP contribution in [0.1, 0.15) is 13.3 Å². The summed E-state index contributed by atoms with van der Waals surface area (Å²) < 4.78 is 25.9. The van der Waals surface area contributed by atoms with Gasteiger partial charge in [-0.1, -0.05) is 0 Å². The molecular formula is C5H13NO3S. The van der Waals surface area contributed by atoms with Crippen molar-refractivity contribution in [1.29, 1.82) is 0 Å². The standard InChI is InChI=1S/C4H9N.CH4O3S/c1-4-2-3-5-4;1-5(2,3)4/h4-5H,2-3H2,1H3;1H3,(H,2,3,4)/t4-;/m0./s1. The Morgan fingerprint density at radius 2 is 1.80 bits per heavy atom. The molecule has 0 aliphatic carbocycles. The summed E-state index contributed by atoms with van der Waals surface area (Å²) >= 11 is 0. The molecule has 1 saturated heterocycles. The van der Waals surface area contributed by atoms with Gasteiger partial charge in [-0.2, -0.15) is 8.42 Å². The van der Waals surface area contributed by atoms with Crippen LogP contribution in [0.25, 0.3) is 0 Å². The van der Waals surface area contributed by atoms with Gasteiger partial charge in [0.1, 0.15) is 0 Å². The predicted molar refractivity (Wildman–Crippen MR) is 39.6 cm³/mol. The summed E-state index contributed by atoms with van der Waals surface area (Å²) in [6, 6.07) is 0.815. The zero-order chi connectivity index (χ0) is 8.20. The van der Waals surface area contributed by atoms with Crippen LogP contribution < -0.4 is 5.32 Å². The molecule has 10 heavy (non-hydrogen) atoms. The maximum absolute atomic E-state index is 9.19. The van der Waals surface area contributed by atoms with Crippen LogP contribution in [-0.4, -0.2) is 31.8 Å². The van der Waals surface area contributed by atoms with Crippen LogP contribution in [0.5, 0.6) is 0 Å². The van der Waals surface area contributed by atoms with E-state index < -0.39 is 10.1 Å². The van der Waals surface area contributed by atoms with E-state index in [1.54, 1.807) is 0 Å². The topological polar surface area (TPSA) is 66.4 Å². The van der Waals surface area contributed by atoms with E-state index in [4.69, 9.17) is 4.55 Å². The van der Waals surface area contributed by atoms with E-state index in [-0.39, 0.29) is 0 Å². The minimum absolute atomic E-state index is 0.715. The Balaban J connectivity index is 0.000000162. The van der Waals surface area contributed by atoms with Crippen molar-refractivity contribution in [2.24, 2.45) is 0 Å². The van der Waals surface area contributed by atoms with Crippen molar-refractivity contribution in [3.8, 4) is 0 Å². The van der Waals surface area contributed by atoms with Crippen LogP contribution in [0, 0.1) is 0 Å². The summed E-state index contributed by atoms with van der Waals surface area (Å²) in [6.07, 6.45) is 2.09. The number of hydrogen-bond donors (Lipinski definition) is 2. The van der Waals surface area contributed by atoms with Crippen molar-refractivity contribution in [3.05, 3.63) is 0 Å². The third-order valence-corrected chi connectivity index (χ3v) is 1.07. The van der Waals surface area contributed by atoms with Crippen LogP contribution in [0.4, 0.5) is 0 Å². The first-order chi connectivity index (χ1) is 4.39. The molecule has 1 rings (SSSR count). The second-order valence-electron chi connectivity index (χ2n) is 2.38. The predicted octanol–water partition coefficient (Wildman–Crippen LogP) is -0.128. The van der Waals surface area contributed by atoms with Gasteiger partial charge in [0, 0.05) is 6.04 Å². The molecular weight excluding hydrogens is 154 g/mol. The Kier molecular flexibility index (Phi) is 3.85. The maximum atomic E-state index is 9.19. The van der Waals surface area contributed by atoms with Crippen molar-refractivity contribution in [3.63, 3.8) is 0 Å². The Bertz CT molecular complexity index is 163. The average molecular weight is 167 g/mol. The van der Waals surface area contributed by atoms with Gasteiger partial charge in [0.25, 0.3) is 10.1 Å². The van der Waals surface area contributed by atoms with Crippen molar-refractivity contribution in [2.45, 2.75) is 19.4 Å². The van der Waals surface area contributed by atoms with Gasteiger partial charge in [-0.15, -0.1) is 0 Å². The summed E-state index contributed by atoms with van der Waals surface area (Å²) in [7, 11) is -3.67. The van der Waals surface area contributed by atoms with Gasteiger partial charge >= 0.3 is 0 Å². The minimum Gasteiger partial charge on any atom is -0.314 e. The summed E-state index contributed by atoms with van der Waals surface area (Å²) in [4.78, 5) is 0. The molecule has 0 aromatic rings. The Labute approximate surface area is 61.4 Å². The third kappa shape index (κ3) is 10.8. The first kappa shape index (κ1) is 9.87. The lowest BCUT2D eigenvalue weighted by Crippen LogP contribution is -2.39. The first-order valence-electron chi connectivity index (χ1n) is 3.05. The highest BCUT2D eigenvalue weighted by atomic mass is 32.2. The van der Waals surface area contributed by atoms with Gasteiger partial charge < -0.3 is 5.32 Å². The summed E-state index contributed by atoms with van der Waals surface area (Å²) in [5.74, 6) is 0. The largest absolute Gasteiger partial charge is 0.314 e. The Morgan fingerprint density at radius 1 is 1.60 bits per heavy atom. The molecule has 1 aliphatic heterocycles. The number of nitrogens with one attached hydrogen (secondary N) is 1. The molecule has 0 amide bonds. The summed E-state index contributed by atoms with van der Waals surface area (Å²) in [6.45, 7) is 3.44. The fourth-order valence-electron chi connectivity index (χ4n) is 0.433. The van der Waals surface area contributed by atoms with Crippen LogP contribution in [0.15, 0.2) is 0 Å². The van der Waals surface area contributed by atoms with Gasteiger partial charge in [-0.05, 0) is 19.9 Å². The molecule has 0 bridgehead atoms. The highest BCUT2D eigenvalue weighted by Gasteiger charge is 2.07. The Morgan fingerprint density at radius 3 is 1.80 bits per heavy atom. The SMILES string of the molecule is CS(=O)(=O)O.C[C@H]1CCN1. The van der Waals surface area contributed by atoms with E-state index >= 15 is 0 Å². The molecule has 2 N–H and O–H groups in total. The van der Waals surface area contributed by atoms with Gasteiger partial charge in [0.05, 0.1) is 6.26 Å². The molecule has 0 saturated carbocycles. The van der Waals surface area contributed by atoms with Crippen LogP contribution in [0.2, 0.25) is 0 Å².